The molecule has 2 aromatic rings. The van der Waals surface area contributed by atoms with Crippen molar-refractivity contribution in [2.45, 2.75) is 123 Å². The Morgan fingerprint density at radius 2 is 1.69 bits per heavy atom. The lowest BCUT2D eigenvalue weighted by Crippen LogP contribution is -2.71. The van der Waals surface area contributed by atoms with Gasteiger partial charge in [-0.2, -0.15) is 4.57 Å². The molecule has 3 nitrogen and oxygen atoms in total. The van der Waals surface area contributed by atoms with Gasteiger partial charge in [-0.3, -0.25) is 0 Å². The molecule has 3 heteroatoms. The molecular formula is C36H54NO2+. The van der Waals surface area contributed by atoms with Crippen molar-refractivity contribution < 1.29 is 14.8 Å². The molecule has 214 valence electrons. The third-order valence-electron chi connectivity index (χ3n) is 13.1. The molecule has 4 aliphatic rings. The summed E-state index contributed by atoms with van der Waals surface area (Å²) in [7, 11) is 0. The van der Waals surface area contributed by atoms with E-state index in [1.807, 2.05) is 0 Å². The van der Waals surface area contributed by atoms with E-state index in [1.54, 1.807) is 0 Å². The average molecular weight is 533 g/mol. The normalized spacial score (nSPS) is 42.7. The molecular weight excluding hydrogens is 478 g/mol. The van der Waals surface area contributed by atoms with Crippen LogP contribution in [0.1, 0.15) is 111 Å². The summed E-state index contributed by atoms with van der Waals surface area (Å²) in [5.41, 5.74) is -0.605. The van der Waals surface area contributed by atoms with Crippen molar-refractivity contribution in [3.63, 3.8) is 0 Å². The van der Waals surface area contributed by atoms with Crippen LogP contribution in [0.25, 0.3) is 10.8 Å². The smallest absolute Gasteiger partial charge is 0.187 e. The summed E-state index contributed by atoms with van der Waals surface area (Å²) < 4.78 is 2.35. The second-order valence-corrected chi connectivity index (χ2v) is 15.4. The summed E-state index contributed by atoms with van der Waals surface area (Å²) in [4.78, 5) is 0. The van der Waals surface area contributed by atoms with Crippen molar-refractivity contribution in [3.8, 4) is 0 Å². The van der Waals surface area contributed by atoms with Gasteiger partial charge in [0, 0.05) is 29.7 Å². The molecule has 0 radical (unpaired) electrons. The molecule has 0 aliphatic heterocycles. The van der Waals surface area contributed by atoms with Gasteiger partial charge in [0.2, 0.25) is 0 Å². The van der Waals surface area contributed by atoms with Crippen LogP contribution in [0.4, 0.5) is 0 Å². The van der Waals surface area contributed by atoms with Crippen LogP contribution in [0.15, 0.2) is 42.7 Å². The Labute approximate surface area is 237 Å². The van der Waals surface area contributed by atoms with Crippen LogP contribution in [0, 0.1) is 46.3 Å². The Bertz CT molecular complexity index is 1180. The maximum absolute atomic E-state index is 12.8. The number of aliphatic hydroxyl groups is 2. The Hall–Kier alpha value is -1.45. The molecule has 0 bridgehead atoms. The summed E-state index contributed by atoms with van der Waals surface area (Å²) in [5, 5.41) is 26.1. The van der Waals surface area contributed by atoms with Crippen LogP contribution in [0.5, 0.6) is 0 Å². The molecule has 4 fully saturated rings. The third kappa shape index (κ3) is 4.40. The molecule has 0 saturated heterocycles. The number of rotatable bonds is 6. The van der Waals surface area contributed by atoms with Gasteiger partial charge in [-0.1, -0.05) is 72.1 Å². The molecule has 6 rings (SSSR count). The Morgan fingerprint density at radius 3 is 2.46 bits per heavy atom. The van der Waals surface area contributed by atoms with Gasteiger partial charge in [0.25, 0.3) is 0 Å². The van der Waals surface area contributed by atoms with Crippen molar-refractivity contribution in [3.05, 3.63) is 42.7 Å². The summed E-state index contributed by atoms with van der Waals surface area (Å²) in [5.74, 6) is 4.41. The van der Waals surface area contributed by atoms with E-state index in [0.29, 0.717) is 23.7 Å². The Kier molecular flexibility index (Phi) is 7.19. The highest BCUT2D eigenvalue weighted by Crippen LogP contribution is 2.70. The van der Waals surface area contributed by atoms with Crippen molar-refractivity contribution in [2.24, 2.45) is 46.3 Å². The van der Waals surface area contributed by atoms with E-state index in [2.05, 4.69) is 81.9 Å². The van der Waals surface area contributed by atoms with E-state index in [4.69, 9.17) is 0 Å². The topological polar surface area (TPSA) is 44.3 Å². The van der Waals surface area contributed by atoms with Crippen LogP contribution < -0.4 is 4.57 Å². The van der Waals surface area contributed by atoms with E-state index in [1.165, 1.54) is 55.7 Å². The number of hydrogen-bond donors (Lipinski definition) is 2. The van der Waals surface area contributed by atoms with Crippen LogP contribution >= 0.6 is 0 Å². The van der Waals surface area contributed by atoms with Crippen molar-refractivity contribution in [1.29, 1.82) is 0 Å². The molecule has 1 heterocycles. The van der Waals surface area contributed by atoms with Gasteiger partial charge in [-0.15, -0.1) is 0 Å². The number of nitrogens with zero attached hydrogens (tertiary/aromatic N) is 1. The molecule has 0 spiro atoms. The van der Waals surface area contributed by atoms with E-state index >= 15 is 0 Å². The minimum Gasteiger partial charge on any atom is -0.393 e. The van der Waals surface area contributed by atoms with Crippen LogP contribution in [-0.4, -0.2) is 21.9 Å². The van der Waals surface area contributed by atoms with E-state index < -0.39 is 11.7 Å². The predicted molar refractivity (Wildman–Crippen MR) is 159 cm³/mol. The first-order valence-electron chi connectivity index (χ1n) is 16.4. The molecule has 1 aromatic carbocycles. The number of benzene rings is 1. The van der Waals surface area contributed by atoms with Gasteiger partial charge in [0.1, 0.15) is 5.60 Å². The average Bonchev–Trinajstić information content (AvgIpc) is 3.26. The fourth-order valence-electron chi connectivity index (χ4n) is 11.0. The molecule has 4 saturated carbocycles. The molecule has 1 aromatic heterocycles. The molecule has 10 unspecified atom stereocenters. The first kappa shape index (κ1) is 27.7. The second kappa shape index (κ2) is 10.1. The minimum absolute atomic E-state index is 0.00757. The standard InChI is InChI=1S/C36H54NO2/c1-24(2)9-8-10-25(3)30-13-14-31-29-21-33(37-20-17-26-11-6-7-12-27(26)23-37)36(39)22-28(38)15-19-35(36,5)32(29)16-18-34(30,31)4/h6-7,11-12,17,20,23-25,28-33,38-39H,8-10,13-16,18-19,21-22H2,1-5H3/q+1. The van der Waals surface area contributed by atoms with Gasteiger partial charge in [0.15, 0.2) is 18.4 Å². The number of fused-ring (bicyclic) bond motifs is 6. The number of hydrogen-bond acceptors (Lipinski definition) is 2. The second-order valence-electron chi connectivity index (χ2n) is 15.4. The first-order valence-corrected chi connectivity index (χ1v) is 16.4. The fraction of sp³-hybridized carbons (Fsp3) is 0.750. The highest BCUT2D eigenvalue weighted by Gasteiger charge is 2.70. The van der Waals surface area contributed by atoms with Crippen molar-refractivity contribution in [1.82, 2.24) is 0 Å². The van der Waals surface area contributed by atoms with Crippen molar-refractivity contribution in [2.75, 3.05) is 0 Å². The Morgan fingerprint density at radius 1 is 0.923 bits per heavy atom. The quantitative estimate of drug-likeness (QED) is 0.372. The van der Waals surface area contributed by atoms with E-state index in [-0.39, 0.29) is 11.5 Å². The van der Waals surface area contributed by atoms with Crippen molar-refractivity contribution >= 4 is 10.8 Å². The van der Waals surface area contributed by atoms with Gasteiger partial charge < -0.3 is 10.2 Å². The van der Waals surface area contributed by atoms with Gasteiger partial charge in [-0.25, -0.2) is 0 Å². The lowest BCUT2D eigenvalue weighted by molar-refractivity contribution is -0.746. The summed E-state index contributed by atoms with van der Waals surface area (Å²) >= 11 is 0. The number of aliphatic hydroxyl groups excluding tert-OH is 1. The predicted octanol–water partition coefficient (Wildman–Crippen LogP) is 7.88. The lowest BCUT2D eigenvalue weighted by atomic mass is 9.42. The first-order chi connectivity index (χ1) is 18.6. The number of pyridine rings is 1. The van der Waals surface area contributed by atoms with E-state index in [9.17, 15) is 10.2 Å². The third-order valence-corrected chi connectivity index (χ3v) is 13.1. The maximum Gasteiger partial charge on any atom is 0.187 e. The molecule has 39 heavy (non-hydrogen) atoms. The van der Waals surface area contributed by atoms with Gasteiger partial charge in [-0.05, 0) is 90.9 Å². The van der Waals surface area contributed by atoms with E-state index in [0.717, 1.165) is 42.9 Å². The summed E-state index contributed by atoms with van der Waals surface area (Å²) in [6.45, 7) is 12.3. The minimum atomic E-state index is -0.880. The van der Waals surface area contributed by atoms with Crippen LogP contribution in [-0.2, 0) is 0 Å². The van der Waals surface area contributed by atoms with Crippen LogP contribution in [0.3, 0.4) is 0 Å². The highest BCUT2D eigenvalue weighted by molar-refractivity contribution is 5.80. The lowest BCUT2D eigenvalue weighted by Gasteiger charge is -2.64. The molecule has 0 amide bonds. The van der Waals surface area contributed by atoms with Crippen LogP contribution in [0.2, 0.25) is 0 Å². The SMILES string of the molecule is CC(C)CCCC(C)C1CCC2C3CC([n+]4ccc5ccccc5c4)C4(O)CC(O)CCC4(C)C3CCC12C. The largest absolute Gasteiger partial charge is 0.393 e. The zero-order valence-electron chi connectivity index (χ0n) is 25.3. The highest BCUT2D eigenvalue weighted by atomic mass is 16.3. The maximum atomic E-state index is 12.8. The molecule has 4 aliphatic carbocycles. The Balaban J connectivity index is 1.34. The summed E-state index contributed by atoms with van der Waals surface area (Å²) in [6, 6.07) is 10.8. The monoisotopic (exact) mass is 532 g/mol. The number of aromatic nitrogens is 1. The summed E-state index contributed by atoms with van der Waals surface area (Å²) in [6.07, 6.45) is 16.8. The zero-order chi connectivity index (χ0) is 27.6. The zero-order valence-corrected chi connectivity index (χ0v) is 25.3. The fourth-order valence-corrected chi connectivity index (χ4v) is 11.0. The van der Waals surface area contributed by atoms with Gasteiger partial charge >= 0.3 is 0 Å². The van der Waals surface area contributed by atoms with Gasteiger partial charge in [0.05, 0.1) is 6.10 Å². The molecule has 2 N–H and O–H groups in total. The molecule has 10 atom stereocenters.